The minimum Gasteiger partial charge on any atom is -0.455 e. The first-order valence-electron chi connectivity index (χ1n) is 8.48. The van der Waals surface area contributed by atoms with Gasteiger partial charge in [0.05, 0.1) is 26.5 Å². The zero-order chi connectivity index (χ0) is 19.5. The molecule has 1 N–H and O–H groups in total. The van der Waals surface area contributed by atoms with Crippen LogP contribution in [0.5, 0.6) is 11.5 Å². The Morgan fingerprint density at radius 2 is 1.89 bits per heavy atom. The van der Waals surface area contributed by atoms with Gasteiger partial charge >= 0.3 is 0 Å². The number of ether oxygens (including phenoxy) is 2. The van der Waals surface area contributed by atoms with Crippen molar-refractivity contribution in [3.63, 3.8) is 0 Å². The topological polar surface area (TPSA) is 77.8 Å². The summed E-state index contributed by atoms with van der Waals surface area (Å²) in [6, 6.07) is 15.6. The Labute approximate surface area is 168 Å². The minimum atomic E-state index is -1.36. The summed E-state index contributed by atoms with van der Waals surface area (Å²) in [6.07, 6.45) is 0. The van der Waals surface area contributed by atoms with Crippen LogP contribution in [0.25, 0.3) is 0 Å². The lowest BCUT2D eigenvalue weighted by atomic mass is 10.2. The molecule has 1 amide bonds. The summed E-state index contributed by atoms with van der Waals surface area (Å²) in [5.74, 6) is 1.75. The number of carbonyl (C=O) groups is 1. The highest BCUT2D eigenvalue weighted by atomic mass is 35.5. The van der Waals surface area contributed by atoms with Crippen LogP contribution < -0.4 is 14.8 Å². The zero-order valence-electron chi connectivity index (χ0n) is 14.6. The first-order valence-corrected chi connectivity index (χ1v) is 10.2. The number of carbonyl (C=O) groups excluding carboxylic acids is 1. The van der Waals surface area contributed by atoms with Gasteiger partial charge in [-0.2, -0.15) is 0 Å². The van der Waals surface area contributed by atoms with Gasteiger partial charge in [-0.1, -0.05) is 29.8 Å². The average molecular weight is 418 g/mol. The van der Waals surface area contributed by atoms with Crippen LogP contribution in [-0.4, -0.2) is 16.9 Å². The molecule has 0 fully saturated rings. The Morgan fingerprint density at radius 1 is 1.07 bits per heavy atom. The van der Waals surface area contributed by atoms with E-state index in [0.29, 0.717) is 33.7 Å². The van der Waals surface area contributed by atoms with E-state index >= 15 is 0 Å². The van der Waals surface area contributed by atoms with Crippen LogP contribution in [0.4, 0.5) is 0 Å². The Bertz CT molecular complexity index is 1050. The van der Waals surface area contributed by atoms with Crippen LogP contribution in [0.15, 0.2) is 63.9 Å². The van der Waals surface area contributed by atoms with Crippen molar-refractivity contribution in [3.8, 4) is 11.5 Å². The molecule has 1 aliphatic rings. The van der Waals surface area contributed by atoms with E-state index in [4.69, 9.17) is 25.5 Å². The van der Waals surface area contributed by atoms with Crippen molar-refractivity contribution in [2.45, 2.75) is 17.2 Å². The summed E-state index contributed by atoms with van der Waals surface area (Å²) in [6.45, 7) is 0.521. The Kier molecular flexibility index (Phi) is 5.36. The fourth-order valence-electron chi connectivity index (χ4n) is 2.73. The zero-order valence-corrected chi connectivity index (χ0v) is 16.2. The largest absolute Gasteiger partial charge is 0.455 e. The number of furan rings is 1. The molecule has 3 aromatic rings. The van der Waals surface area contributed by atoms with Crippen molar-refractivity contribution in [3.05, 3.63) is 76.7 Å². The fraction of sp³-hybridized carbons (Fsp3) is 0.150. The van der Waals surface area contributed by atoms with Crippen LogP contribution in [0.3, 0.4) is 0 Å². The summed E-state index contributed by atoms with van der Waals surface area (Å²) >= 11 is 6.07. The number of fused-ring (bicyclic) bond motifs is 1. The number of hydrogen-bond donors (Lipinski definition) is 1. The number of benzene rings is 2. The van der Waals surface area contributed by atoms with Crippen LogP contribution in [-0.2, 0) is 23.1 Å². The molecule has 28 heavy (non-hydrogen) atoms. The van der Waals surface area contributed by atoms with E-state index in [-0.39, 0.29) is 24.2 Å². The SMILES string of the molecule is O=C(NCc1ccc2c(c1)OCO2)c1ccc(C[S@@](=O)c2ccccc2Cl)o1. The maximum absolute atomic E-state index is 12.5. The molecule has 0 saturated carbocycles. The fourth-order valence-corrected chi connectivity index (χ4v) is 4.21. The summed E-state index contributed by atoms with van der Waals surface area (Å²) in [4.78, 5) is 12.9. The quantitative estimate of drug-likeness (QED) is 0.658. The van der Waals surface area contributed by atoms with Crippen molar-refractivity contribution < 1.29 is 22.9 Å². The first-order chi connectivity index (χ1) is 13.6. The Balaban J connectivity index is 1.36. The summed E-state index contributed by atoms with van der Waals surface area (Å²) in [5, 5.41) is 3.23. The number of hydrogen-bond acceptors (Lipinski definition) is 5. The van der Waals surface area contributed by atoms with Gasteiger partial charge in [-0.3, -0.25) is 9.00 Å². The predicted octanol–water partition coefficient (Wildman–Crippen LogP) is 3.90. The van der Waals surface area contributed by atoms with Gasteiger partial charge in [0.15, 0.2) is 17.3 Å². The maximum Gasteiger partial charge on any atom is 0.287 e. The third kappa shape index (κ3) is 4.05. The van der Waals surface area contributed by atoms with Crippen LogP contribution in [0.2, 0.25) is 5.02 Å². The molecule has 6 nitrogen and oxygen atoms in total. The third-order valence-corrected chi connectivity index (χ3v) is 5.97. The molecule has 8 heteroatoms. The summed E-state index contributed by atoms with van der Waals surface area (Å²) in [7, 11) is -1.36. The molecule has 0 bridgehead atoms. The molecular weight excluding hydrogens is 402 g/mol. The van der Waals surface area contributed by atoms with Gasteiger partial charge in [0, 0.05) is 6.54 Å². The van der Waals surface area contributed by atoms with Crippen molar-refractivity contribution in [1.29, 1.82) is 0 Å². The van der Waals surface area contributed by atoms with E-state index in [9.17, 15) is 9.00 Å². The monoisotopic (exact) mass is 417 g/mol. The third-order valence-electron chi connectivity index (χ3n) is 4.13. The van der Waals surface area contributed by atoms with Crippen LogP contribution in [0, 0.1) is 0 Å². The lowest BCUT2D eigenvalue weighted by Crippen LogP contribution is -2.22. The molecule has 1 aromatic heterocycles. The van der Waals surface area contributed by atoms with Gasteiger partial charge in [-0.15, -0.1) is 0 Å². The number of nitrogens with one attached hydrogen (secondary N) is 1. The van der Waals surface area contributed by atoms with Crippen molar-refractivity contribution >= 4 is 28.3 Å². The highest BCUT2D eigenvalue weighted by Gasteiger charge is 2.16. The smallest absolute Gasteiger partial charge is 0.287 e. The Hall–Kier alpha value is -2.77. The van der Waals surface area contributed by atoms with Gasteiger partial charge in [-0.05, 0) is 42.0 Å². The number of amides is 1. The first kappa shape index (κ1) is 18.6. The minimum absolute atomic E-state index is 0.138. The van der Waals surface area contributed by atoms with Crippen molar-refractivity contribution in [2.75, 3.05) is 6.79 Å². The van der Waals surface area contributed by atoms with Crippen molar-refractivity contribution in [1.82, 2.24) is 5.32 Å². The second-order valence-electron chi connectivity index (χ2n) is 6.06. The molecule has 144 valence electrons. The van der Waals surface area contributed by atoms with Gasteiger partial charge < -0.3 is 19.2 Å². The summed E-state index contributed by atoms with van der Waals surface area (Å²) in [5.41, 5.74) is 0.879. The van der Waals surface area contributed by atoms with Crippen LogP contribution >= 0.6 is 11.6 Å². The molecule has 2 heterocycles. The maximum atomic E-state index is 12.5. The molecular formula is C20H16ClNO5S. The van der Waals surface area contributed by atoms with E-state index < -0.39 is 10.8 Å². The standard InChI is InChI=1S/C20H16ClNO5S/c21-15-3-1-2-4-19(15)28(24)11-14-6-8-17(27-14)20(23)22-10-13-5-7-16-18(9-13)26-12-25-16/h1-9H,10-12H2,(H,22,23)/t28-/m1/s1. The normalized spacial score (nSPS) is 13.3. The lowest BCUT2D eigenvalue weighted by Gasteiger charge is -2.05. The lowest BCUT2D eigenvalue weighted by molar-refractivity contribution is 0.0921. The molecule has 1 atom stereocenters. The highest BCUT2D eigenvalue weighted by Crippen LogP contribution is 2.32. The van der Waals surface area contributed by atoms with E-state index in [1.807, 2.05) is 12.1 Å². The van der Waals surface area contributed by atoms with Gasteiger partial charge in [0.25, 0.3) is 5.91 Å². The van der Waals surface area contributed by atoms with Crippen molar-refractivity contribution in [2.24, 2.45) is 0 Å². The molecule has 0 aliphatic carbocycles. The molecule has 2 aromatic carbocycles. The average Bonchev–Trinajstić information content (AvgIpc) is 3.35. The Morgan fingerprint density at radius 3 is 2.75 bits per heavy atom. The molecule has 0 saturated heterocycles. The number of halogens is 1. The highest BCUT2D eigenvalue weighted by molar-refractivity contribution is 7.84. The predicted molar refractivity (Wildman–Crippen MR) is 104 cm³/mol. The number of rotatable bonds is 6. The second kappa shape index (κ2) is 8.08. The van der Waals surface area contributed by atoms with Gasteiger partial charge in [-0.25, -0.2) is 0 Å². The second-order valence-corrected chi connectivity index (χ2v) is 7.88. The van der Waals surface area contributed by atoms with E-state index in [2.05, 4.69) is 5.32 Å². The van der Waals surface area contributed by atoms with Gasteiger partial charge in [0.2, 0.25) is 6.79 Å². The molecule has 1 aliphatic heterocycles. The summed E-state index contributed by atoms with van der Waals surface area (Å²) < 4.78 is 28.6. The molecule has 0 radical (unpaired) electrons. The molecule has 0 spiro atoms. The molecule has 4 rings (SSSR count). The van der Waals surface area contributed by atoms with Crippen LogP contribution in [0.1, 0.15) is 21.9 Å². The van der Waals surface area contributed by atoms with Gasteiger partial charge in [0.1, 0.15) is 5.76 Å². The van der Waals surface area contributed by atoms with E-state index in [1.165, 1.54) is 0 Å². The van der Waals surface area contributed by atoms with E-state index in [0.717, 1.165) is 5.56 Å². The molecule has 0 unspecified atom stereocenters. The van der Waals surface area contributed by atoms with E-state index in [1.54, 1.807) is 42.5 Å².